The minimum Gasteiger partial charge on any atom is -0.467 e. The van der Waals surface area contributed by atoms with Gasteiger partial charge in [-0.1, -0.05) is 11.2 Å². The van der Waals surface area contributed by atoms with Crippen molar-refractivity contribution in [1.29, 1.82) is 0 Å². The van der Waals surface area contributed by atoms with Gasteiger partial charge in [-0.25, -0.2) is 4.39 Å². The van der Waals surface area contributed by atoms with E-state index < -0.39 is 0 Å². The molecule has 0 aliphatic rings. The molecule has 0 amide bonds. The fourth-order valence-electron chi connectivity index (χ4n) is 1.66. The summed E-state index contributed by atoms with van der Waals surface area (Å²) >= 11 is 0. The average Bonchev–Trinajstić information content (AvgIpc) is 2.63. The highest BCUT2D eigenvalue weighted by molar-refractivity contribution is 5.73. The van der Waals surface area contributed by atoms with Crippen LogP contribution < -0.4 is 4.74 Å². The molecule has 3 nitrogen and oxygen atoms in total. The molecular formula is C12H12FNO2. The van der Waals surface area contributed by atoms with Gasteiger partial charge in [-0.05, 0) is 37.1 Å². The number of aromatic nitrogens is 1. The van der Waals surface area contributed by atoms with E-state index in [-0.39, 0.29) is 5.82 Å². The van der Waals surface area contributed by atoms with Crippen LogP contribution in [-0.4, -0.2) is 12.3 Å². The van der Waals surface area contributed by atoms with Crippen molar-refractivity contribution in [3.8, 4) is 17.1 Å². The molecule has 0 saturated carbocycles. The number of ether oxygens (including phenoxy) is 1. The minimum absolute atomic E-state index is 0.289. The summed E-state index contributed by atoms with van der Waals surface area (Å²) in [6, 6.07) is 4.60. The first kappa shape index (κ1) is 10.7. The molecule has 4 heteroatoms. The molecule has 0 bridgehead atoms. The second-order valence-corrected chi connectivity index (χ2v) is 3.59. The Balaban J connectivity index is 2.66. The van der Waals surface area contributed by atoms with E-state index in [1.54, 1.807) is 13.0 Å². The predicted molar refractivity (Wildman–Crippen MR) is 57.9 cm³/mol. The molecule has 0 radical (unpaired) electrons. The summed E-state index contributed by atoms with van der Waals surface area (Å²) < 4.78 is 23.3. The molecule has 84 valence electrons. The van der Waals surface area contributed by atoms with Crippen molar-refractivity contribution in [1.82, 2.24) is 5.16 Å². The van der Waals surface area contributed by atoms with Crippen LogP contribution >= 0.6 is 0 Å². The maximum absolute atomic E-state index is 13.2. The van der Waals surface area contributed by atoms with Crippen molar-refractivity contribution in [2.45, 2.75) is 13.8 Å². The first-order valence-electron chi connectivity index (χ1n) is 4.90. The number of hydrogen-bond acceptors (Lipinski definition) is 3. The highest BCUT2D eigenvalue weighted by Gasteiger charge is 2.17. The number of nitrogens with zero attached hydrogens (tertiary/aromatic N) is 1. The number of hydrogen-bond donors (Lipinski definition) is 0. The van der Waals surface area contributed by atoms with Crippen LogP contribution in [0.5, 0.6) is 5.95 Å². The van der Waals surface area contributed by atoms with Crippen LogP contribution in [0.4, 0.5) is 4.39 Å². The molecule has 0 fully saturated rings. The van der Waals surface area contributed by atoms with Gasteiger partial charge in [-0.15, -0.1) is 0 Å². The molecule has 1 aromatic heterocycles. The zero-order valence-corrected chi connectivity index (χ0v) is 9.37. The van der Waals surface area contributed by atoms with E-state index in [0.717, 1.165) is 11.1 Å². The summed E-state index contributed by atoms with van der Waals surface area (Å²) in [6.45, 7) is 3.70. The molecular weight excluding hydrogens is 209 g/mol. The van der Waals surface area contributed by atoms with Gasteiger partial charge in [0.15, 0.2) is 0 Å². The normalized spacial score (nSPS) is 10.5. The lowest BCUT2D eigenvalue weighted by molar-refractivity contribution is 0.261. The Morgan fingerprint density at radius 2 is 2.06 bits per heavy atom. The SMILES string of the molecule is COc1onc(C)c1-c1cc(F)ccc1C. The fourth-order valence-corrected chi connectivity index (χ4v) is 1.66. The summed E-state index contributed by atoms with van der Waals surface area (Å²) in [4.78, 5) is 0. The monoisotopic (exact) mass is 221 g/mol. The Morgan fingerprint density at radius 3 is 2.75 bits per heavy atom. The van der Waals surface area contributed by atoms with Crippen molar-refractivity contribution >= 4 is 0 Å². The van der Waals surface area contributed by atoms with Gasteiger partial charge < -0.3 is 9.26 Å². The zero-order chi connectivity index (χ0) is 11.7. The average molecular weight is 221 g/mol. The lowest BCUT2D eigenvalue weighted by atomic mass is 10.0. The van der Waals surface area contributed by atoms with E-state index in [1.165, 1.54) is 19.2 Å². The van der Waals surface area contributed by atoms with Gasteiger partial charge in [0.2, 0.25) is 0 Å². The maximum atomic E-state index is 13.2. The van der Waals surface area contributed by atoms with Crippen LogP contribution in [0.3, 0.4) is 0 Å². The summed E-state index contributed by atoms with van der Waals surface area (Å²) in [7, 11) is 1.50. The van der Waals surface area contributed by atoms with Crippen LogP contribution in [0, 0.1) is 19.7 Å². The number of rotatable bonds is 2. The molecule has 2 aromatic rings. The standard InChI is InChI=1S/C12H12FNO2/c1-7-4-5-9(13)6-10(7)11-8(2)14-16-12(11)15-3/h4-6H,1-3H3. The largest absolute Gasteiger partial charge is 0.467 e. The molecule has 0 aliphatic heterocycles. The van der Waals surface area contributed by atoms with Crippen LogP contribution in [0.25, 0.3) is 11.1 Å². The Labute approximate surface area is 92.8 Å². The van der Waals surface area contributed by atoms with Crippen molar-refractivity contribution in [3.05, 3.63) is 35.3 Å². The first-order valence-corrected chi connectivity index (χ1v) is 4.90. The molecule has 2 rings (SSSR count). The predicted octanol–water partition coefficient (Wildman–Crippen LogP) is 3.11. The smallest absolute Gasteiger partial charge is 0.319 e. The van der Waals surface area contributed by atoms with Crippen molar-refractivity contribution in [2.75, 3.05) is 7.11 Å². The zero-order valence-electron chi connectivity index (χ0n) is 9.37. The van der Waals surface area contributed by atoms with Crippen molar-refractivity contribution in [2.24, 2.45) is 0 Å². The maximum Gasteiger partial charge on any atom is 0.319 e. The Kier molecular flexibility index (Phi) is 2.64. The summed E-state index contributed by atoms with van der Waals surface area (Å²) in [5, 5.41) is 3.81. The second kappa shape index (κ2) is 3.96. The van der Waals surface area contributed by atoms with Crippen LogP contribution in [0.1, 0.15) is 11.3 Å². The minimum atomic E-state index is -0.289. The third-order valence-electron chi connectivity index (χ3n) is 2.49. The summed E-state index contributed by atoms with van der Waals surface area (Å²) in [5.74, 6) is 0.0226. The molecule has 1 aromatic carbocycles. The highest BCUT2D eigenvalue weighted by Crippen LogP contribution is 2.35. The molecule has 0 unspecified atom stereocenters. The topological polar surface area (TPSA) is 35.3 Å². The molecule has 0 aliphatic carbocycles. The summed E-state index contributed by atoms with van der Waals surface area (Å²) in [6.07, 6.45) is 0. The fraction of sp³-hybridized carbons (Fsp3) is 0.250. The lowest BCUT2D eigenvalue weighted by Crippen LogP contribution is -1.89. The quantitative estimate of drug-likeness (QED) is 0.781. The van der Waals surface area contributed by atoms with Crippen molar-refractivity contribution < 1.29 is 13.7 Å². The van der Waals surface area contributed by atoms with E-state index in [4.69, 9.17) is 9.26 Å². The third-order valence-corrected chi connectivity index (χ3v) is 2.49. The molecule has 0 atom stereocenters. The van der Waals surface area contributed by atoms with Crippen LogP contribution in [-0.2, 0) is 0 Å². The van der Waals surface area contributed by atoms with E-state index in [2.05, 4.69) is 5.16 Å². The number of benzene rings is 1. The Bertz CT molecular complexity index is 520. The van der Waals surface area contributed by atoms with Crippen molar-refractivity contribution in [3.63, 3.8) is 0 Å². The molecule has 0 N–H and O–H groups in total. The van der Waals surface area contributed by atoms with Gasteiger partial charge in [0.1, 0.15) is 5.82 Å². The lowest BCUT2D eigenvalue weighted by Gasteiger charge is -2.05. The van der Waals surface area contributed by atoms with Crippen LogP contribution in [0.2, 0.25) is 0 Å². The van der Waals surface area contributed by atoms with Gasteiger partial charge in [-0.3, -0.25) is 0 Å². The number of methoxy groups -OCH3 is 1. The number of halogens is 1. The molecule has 0 spiro atoms. The van der Waals surface area contributed by atoms with E-state index in [9.17, 15) is 4.39 Å². The third kappa shape index (κ3) is 1.66. The second-order valence-electron chi connectivity index (χ2n) is 3.59. The van der Waals surface area contributed by atoms with Gasteiger partial charge >= 0.3 is 5.95 Å². The van der Waals surface area contributed by atoms with E-state index >= 15 is 0 Å². The van der Waals surface area contributed by atoms with Gasteiger partial charge in [0, 0.05) is 0 Å². The van der Waals surface area contributed by atoms with Gasteiger partial charge in [0.05, 0.1) is 18.4 Å². The van der Waals surface area contributed by atoms with E-state index in [1.807, 2.05) is 6.92 Å². The summed E-state index contributed by atoms with van der Waals surface area (Å²) in [5.41, 5.74) is 3.09. The van der Waals surface area contributed by atoms with Gasteiger partial charge in [-0.2, -0.15) is 0 Å². The Hall–Kier alpha value is -1.84. The number of aryl methyl sites for hydroxylation is 2. The molecule has 0 saturated heterocycles. The van der Waals surface area contributed by atoms with Crippen LogP contribution in [0.15, 0.2) is 22.7 Å². The molecule has 16 heavy (non-hydrogen) atoms. The van der Waals surface area contributed by atoms with Gasteiger partial charge in [0.25, 0.3) is 0 Å². The van der Waals surface area contributed by atoms with E-state index in [0.29, 0.717) is 17.2 Å². The molecule has 1 heterocycles. The highest BCUT2D eigenvalue weighted by atomic mass is 19.1. The first-order chi connectivity index (χ1) is 7.63. The Morgan fingerprint density at radius 1 is 1.31 bits per heavy atom.